The Balaban J connectivity index is 0.00000341. The lowest BCUT2D eigenvalue weighted by atomic mass is 10.1. The van der Waals surface area contributed by atoms with E-state index in [1.54, 1.807) is 14.2 Å². The molecular formula is C21H34IN7O2. The van der Waals surface area contributed by atoms with E-state index in [4.69, 9.17) is 14.5 Å². The van der Waals surface area contributed by atoms with Crippen molar-refractivity contribution in [3.63, 3.8) is 0 Å². The number of aryl methyl sites for hydroxylation is 1. The SMILES string of the molecule is CCNC(=NCc1nnc(C)n1C)N1CCN(Cc2ccc(OC)c(OC)c2)CC1.I. The predicted octanol–water partition coefficient (Wildman–Crippen LogP) is 2.04. The molecule has 0 aliphatic carbocycles. The van der Waals surface area contributed by atoms with Crippen molar-refractivity contribution in [2.24, 2.45) is 12.0 Å². The van der Waals surface area contributed by atoms with E-state index >= 15 is 0 Å². The van der Waals surface area contributed by atoms with Crippen LogP contribution in [0.5, 0.6) is 11.5 Å². The van der Waals surface area contributed by atoms with Crippen LogP contribution in [0.4, 0.5) is 0 Å². The normalized spacial score (nSPS) is 14.9. The summed E-state index contributed by atoms with van der Waals surface area (Å²) in [6.07, 6.45) is 0. The van der Waals surface area contributed by atoms with E-state index in [9.17, 15) is 0 Å². The van der Waals surface area contributed by atoms with Gasteiger partial charge < -0.3 is 24.3 Å². The predicted molar refractivity (Wildman–Crippen MR) is 132 cm³/mol. The minimum absolute atomic E-state index is 0. The van der Waals surface area contributed by atoms with Gasteiger partial charge in [-0.25, -0.2) is 4.99 Å². The van der Waals surface area contributed by atoms with Crippen molar-refractivity contribution < 1.29 is 9.47 Å². The number of aromatic nitrogens is 3. The fourth-order valence-electron chi connectivity index (χ4n) is 3.52. The van der Waals surface area contributed by atoms with Crippen LogP contribution in [-0.2, 0) is 20.1 Å². The Kier molecular flexibility index (Phi) is 9.82. The third-order valence-electron chi connectivity index (χ3n) is 5.41. The molecule has 1 aromatic carbocycles. The van der Waals surface area contributed by atoms with Crippen LogP contribution >= 0.6 is 24.0 Å². The van der Waals surface area contributed by atoms with Crippen molar-refractivity contribution in [2.75, 3.05) is 46.9 Å². The van der Waals surface area contributed by atoms with E-state index in [0.29, 0.717) is 6.54 Å². The molecule has 172 valence electrons. The molecule has 31 heavy (non-hydrogen) atoms. The number of aliphatic imine (C=N–C) groups is 1. The van der Waals surface area contributed by atoms with Gasteiger partial charge in [-0.05, 0) is 31.5 Å². The number of ether oxygens (including phenoxy) is 2. The first-order valence-electron chi connectivity index (χ1n) is 10.4. The number of piperazine rings is 1. The standard InChI is InChI=1S/C21H33N7O2.HI/c1-6-22-21(23-14-20-25-24-16(2)26(20)3)28-11-9-27(10-12-28)15-17-7-8-18(29-4)19(13-17)30-5;/h7-8,13H,6,9-12,14-15H2,1-5H3,(H,22,23);1H. The maximum absolute atomic E-state index is 5.43. The smallest absolute Gasteiger partial charge is 0.194 e. The van der Waals surface area contributed by atoms with E-state index in [0.717, 1.165) is 68.4 Å². The molecule has 1 aromatic heterocycles. The summed E-state index contributed by atoms with van der Waals surface area (Å²) in [4.78, 5) is 9.56. The number of guanidine groups is 1. The third-order valence-corrected chi connectivity index (χ3v) is 5.41. The number of nitrogens with one attached hydrogen (secondary N) is 1. The van der Waals surface area contributed by atoms with Crippen LogP contribution in [0.2, 0.25) is 0 Å². The van der Waals surface area contributed by atoms with E-state index in [1.165, 1.54) is 5.56 Å². The summed E-state index contributed by atoms with van der Waals surface area (Å²) < 4.78 is 12.7. The van der Waals surface area contributed by atoms with Crippen molar-refractivity contribution >= 4 is 29.9 Å². The fraction of sp³-hybridized carbons (Fsp3) is 0.571. The Labute approximate surface area is 201 Å². The van der Waals surface area contributed by atoms with Gasteiger partial charge >= 0.3 is 0 Å². The molecule has 0 bridgehead atoms. The highest BCUT2D eigenvalue weighted by molar-refractivity contribution is 14.0. The minimum atomic E-state index is 0. The summed E-state index contributed by atoms with van der Waals surface area (Å²) in [5.41, 5.74) is 1.22. The van der Waals surface area contributed by atoms with E-state index in [-0.39, 0.29) is 24.0 Å². The van der Waals surface area contributed by atoms with Gasteiger partial charge in [0.15, 0.2) is 23.3 Å². The van der Waals surface area contributed by atoms with Crippen molar-refractivity contribution in [2.45, 2.75) is 26.9 Å². The maximum atomic E-state index is 5.43. The Hall–Kier alpha value is -2.08. The maximum Gasteiger partial charge on any atom is 0.194 e. The van der Waals surface area contributed by atoms with Crippen molar-refractivity contribution in [3.05, 3.63) is 35.4 Å². The first kappa shape index (κ1) is 25.2. The Bertz CT molecular complexity index is 863. The molecule has 1 saturated heterocycles. The highest BCUT2D eigenvalue weighted by Gasteiger charge is 2.20. The molecule has 2 heterocycles. The van der Waals surface area contributed by atoms with Crippen LogP contribution in [0.15, 0.2) is 23.2 Å². The summed E-state index contributed by atoms with van der Waals surface area (Å²) in [6, 6.07) is 6.12. The van der Waals surface area contributed by atoms with Crippen LogP contribution in [-0.4, -0.2) is 77.5 Å². The molecule has 0 spiro atoms. The second-order valence-electron chi connectivity index (χ2n) is 7.35. The average molecular weight is 543 g/mol. The molecule has 0 saturated carbocycles. The molecule has 0 atom stereocenters. The zero-order chi connectivity index (χ0) is 21.5. The third kappa shape index (κ3) is 6.45. The van der Waals surface area contributed by atoms with Crippen molar-refractivity contribution in [1.29, 1.82) is 0 Å². The second-order valence-corrected chi connectivity index (χ2v) is 7.35. The van der Waals surface area contributed by atoms with Gasteiger partial charge in [-0.1, -0.05) is 6.07 Å². The number of rotatable bonds is 7. The largest absolute Gasteiger partial charge is 0.493 e. The molecule has 3 rings (SSSR count). The highest BCUT2D eigenvalue weighted by atomic mass is 127. The molecule has 1 aliphatic rings. The lowest BCUT2D eigenvalue weighted by Crippen LogP contribution is -2.52. The number of benzene rings is 1. The minimum Gasteiger partial charge on any atom is -0.493 e. The van der Waals surface area contributed by atoms with Gasteiger partial charge in [0.1, 0.15) is 12.4 Å². The monoisotopic (exact) mass is 543 g/mol. The van der Waals surface area contributed by atoms with E-state index < -0.39 is 0 Å². The molecule has 9 nitrogen and oxygen atoms in total. The molecular weight excluding hydrogens is 509 g/mol. The van der Waals surface area contributed by atoms with Crippen LogP contribution < -0.4 is 14.8 Å². The topological polar surface area (TPSA) is 80.0 Å². The second kappa shape index (κ2) is 12.1. The molecule has 1 aliphatic heterocycles. The fourth-order valence-corrected chi connectivity index (χ4v) is 3.52. The van der Waals surface area contributed by atoms with E-state index in [2.05, 4.69) is 44.4 Å². The molecule has 10 heteroatoms. The number of methoxy groups -OCH3 is 2. The highest BCUT2D eigenvalue weighted by Crippen LogP contribution is 2.28. The van der Waals surface area contributed by atoms with Gasteiger partial charge in [-0.2, -0.15) is 0 Å². The van der Waals surface area contributed by atoms with E-state index in [1.807, 2.05) is 24.6 Å². The Morgan fingerprint density at radius 3 is 2.39 bits per heavy atom. The summed E-state index contributed by atoms with van der Waals surface area (Å²) in [6.45, 7) is 10.1. The van der Waals surface area contributed by atoms with Gasteiger partial charge in [0.25, 0.3) is 0 Å². The van der Waals surface area contributed by atoms with Crippen molar-refractivity contribution in [1.82, 2.24) is 29.9 Å². The van der Waals surface area contributed by atoms with Gasteiger partial charge in [-0.15, -0.1) is 34.2 Å². The zero-order valence-electron chi connectivity index (χ0n) is 19.1. The molecule has 0 radical (unpaired) electrons. The number of hydrogen-bond donors (Lipinski definition) is 1. The lowest BCUT2D eigenvalue weighted by Gasteiger charge is -2.36. The van der Waals surface area contributed by atoms with Gasteiger partial charge in [0.05, 0.1) is 14.2 Å². The van der Waals surface area contributed by atoms with Crippen LogP contribution in [0.25, 0.3) is 0 Å². The van der Waals surface area contributed by atoms with Crippen molar-refractivity contribution in [3.8, 4) is 11.5 Å². The molecule has 1 N–H and O–H groups in total. The molecule has 0 amide bonds. The average Bonchev–Trinajstić information content (AvgIpc) is 3.09. The zero-order valence-corrected chi connectivity index (χ0v) is 21.4. The summed E-state index contributed by atoms with van der Waals surface area (Å²) in [5.74, 6) is 4.23. The van der Waals surface area contributed by atoms with Crippen LogP contribution in [0, 0.1) is 6.92 Å². The van der Waals surface area contributed by atoms with Gasteiger partial charge in [0, 0.05) is 46.3 Å². The Morgan fingerprint density at radius 2 is 1.81 bits per heavy atom. The number of halogens is 1. The first-order chi connectivity index (χ1) is 14.5. The quantitative estimate of drug-likeness (QED) is 0.326. The first-order valence-corrected chi connectivity index (χ1v) is 10.4. The summed E-state index contributed by atoms with van der Waals surface area (Å²) in [7, 11) is 5.30. The lowest BCUT2D eigenvalue weighted by molar-refractivity contribution is 0.172. The van der Waals surface area contributed by atoms with Gasteiger partial charge in [0.2, 0.25) is 0 Å². The summed E-state index contributed by atoms with van der Waals surface area (Å²) >= 11 is 0. The molecule has 1 fully saturated rings. The molecule has 0 unspecified atom stereocenters. The van der Waals surface area contributed by atoms with Crippen LogP contribution in [0.1, 0.15) is 24.1 Å². The Morgan fingerprint density at radius 1 is 1.10 bits per heavy atom. The molecule has 2 aromatic rings. The number of hydrogen-bond acceptors (Lipinski definition) is 6. The summed E-state index contributed by atoms with van der Waals surface area (Å²) in [5, 5.41) is 11.7. The van der Waals surface area contributed by atoms with Gasteiger partial charge in [-0.3, -0.25) is 4.90 Å². The van der Waals surface area contributed by atoms with Crippen LogP contribution in [0.3, 0.4) is 0 Å². The number of nitrogens with zero attached hydrogens (tertiary/aromatic N) is 6.